The number of ether oxygens (including phenoxy) is 1. The van der Waals surface area contributed by atoms with Crippen molar-refractivity contribution in [3.8, 4) is 11.3 Å². The third-order valence-electron chi connectivity index (χ3n) is 3.67. The molecule has 1 aromatic carbocycles. The van der Waals surface area contributed by atoms with Crippen LogP contribution in [0.4, 0.5) is 10.5 Å². The van der Waals surface area contributed by atoms with Crippen molar-refractivity contribution in [2.45, 2.75) is 6.92 Å². The number of methoxy groups -OCH3 is 1. The molecule has 1 fully saturated rings. The van der Waals surface area contributed by atoms with Gasteiger partial charge in [0.15, 0.2) is 0 Å². The number of aryl methyl sites for hydroxylation is 1. The van der Waals surface area contributed by atoms with Gasteiger partial charge in [0.05, 0.1) is 12.8 Å². The molecular formula is C18H22N4O2Y-2. The van der Waals surface area contributed by atoms with Crippen LogP contribution in [0.2, 0.25) is 0 Å². The predicted molar refractivity (Wildman–Crippen MR) is 95.5 cm³/mol. The first-order valence-corrected chi connectivity index (χ1v) is 7.81. The van der Waals surface area contributed by atoms with Gasteiger partial charge in [-0.2, -0.15) is 0 Å². The predicted octanol–water partition coefficient (Wildman–Crippen LogP) is 4.18. The average Bonchev–Trinajstić information content (AvgIpc) is 2.65. The summed E-state index contributed by atoms with van der Waals surface area (Å²) < 4.78 is 4.54. The molecule has 1 N–H and O–H groups in total. The van der Waals surface area contributed by atoms with Gasteiger partial charge in [-0.05, 0) is 24.6 Å². The molecule has 6 nitrogen and oxygen atoms in total. The summed E-state index contributed by atoms with van der Waals surface area (Å²) in [5.74, 6) is 0. The van der Waals surface area contributed by atoms with Crippen LogP contribution in [0, 0.1) is 6.92 Å². The number of piperazine rings is 1. The Bertz CT molecular complexity index is 661. The maximum atomic E-state index is 10.8. The monoisotopic (exact) mass is 415 g/mol. The molecule has 1 aromatic heterocycles. The Hall–Kier alpha value is -1.50. The average molecular weight is 415 g/mol. The number of pyridine rings is 1. The first-order chi connectivity index (χ1) is 11.6. The molecule has 0 aliphatic carbocycles. The maximum Gasteiger partial charge on any atom is 0.409 e. The third-order valence-corrected chi connectivity index (χ3v) is 3.67. The Morgan fingerprint density at radius 3 is 2.56 bits per heavy atom. The maximum absolute atomic E-state index is 10.8. The van der Waals surface area contributed by atoms with Crippen LogP contribution in [0.5, 0.6) is 0 Å². The second-order valence-electron chi connectivity index (χ2n) is 5.37. The van der Waals surface area contributed by atoms with Gasteiger partial charge in [-0.15, -0.1) is 18.8 Å². The SMILES string of the molecule is COC(=O)N1CC[N-]CC1.Cc1ccc([NH-])cc1-c1ccccn1.[Y]. The molecule has 0 spiro atoms. The molecule has 3 rings (SSSR count). The van der Waals surface area contributed by atoms with Crippen molar-refractivity contribution in [1.82, 2.24) is 9.88 Å². The summed E-state index contributed by atoms with van der Waals surface area (Å²) in [6.45, 7) is 4.92. The molecule has 25 heavy (non-hydrogen) atoms. The van der Waals surface area contributed by atoms with Crippen LogP contribution in [0.15, 0.2) is 42.6 Å². The van der Waals surface area contributed by atoms with Crippen molar-refractivity contribution in [3.05, 3.63) is 59.2 Å². The van der Waals surface area contributed by atoms with Crippen LogP contribution in [0.1, 0.15) is 5.56 Å². The summed E-state index contributed by atoms with van der Waals surface area (Å²) >= 11 is 0. The van der Waals surface area contributed by atoms with Gasteiger partial charge in [-0.3, -0.25) is 4.98 Å². The molecule has 1 aliphatic heterocycles. The van der Waals surface area contributed by atoms with Crippen LogP contribution < -0.4 is 0 Å². The topological polar surface area (TPSA) is 80.3 Å². The fraction of sp³-hybridized carbons (Fsp3) is 0.333. The van der Waals surface area contributed by atoms with E-state index in [9.17, 15) is 4.79 Å². The number of nitrogens with one attached hydrogen (secondary N) is 1. The van der Waals surface area contributed by atoms with E-state index in [4.69, 9.17) is 5.73 Å². The zero-order valence-electron chi connectivity index (χ0n) is 14.6. The van der Waals surface area contributed by atoms with E-state index in [0.717, 1.165) is 29.9 Å². The molecule has 0 saturated carbocycles. The molecule has 0 atom stereocenters. The first-order valence-electron chi connectivity index (χ1n) is 7.81. The third kappa shape index (κ3) is 6.73. The van der Waals surface area contributed by atoms with Gasteiger partial charge in [-0.1, -0.05) is 24.3 Å². The number of hydrogen-bond donors (Lipinski definition) is 0. The van der Waals surface area contributed by atoms with E-state index in [1.54, 1.807) is 17.2 Å². The Kier molecular flexibility index (Phi) is 9.64. The van der Waals surface area contributed by atoms with Gasteiger partial charge in [0.1, 0.15) is 0 Å². The number of carbonyl (C=O) groups is 1. The second kappa shape index (κ2) is 11.2. The minimum absolute atomic E-state index is 0. The van der Waals surface area contributed by atoms with Crippen molar-refractivity contribution in [3.63, 3.8) is 0 Å². The van der Waals surface area contributed by atoms with Gasteiger partial charge in [0.25, 0.3) is 0 Å². The molecular weight excluding hydrogens is 393 g/mol. The number of carbonyl (C=O) groups excluding carboxylic acids is 1. The van der Waals surface area contributed by atoms with Gasteiger partial charge in [0, 0.05) is 57.6 Å². The Labute approximate surface area is 174 Å². The molecule has 7 heteroatoms. The van der Waals surface area contributed by atoms with E-state index >= 15 is 0 Å². The van der Waals surface area contributed by atoms with Crippen molar-refractivity contribution < 1.29 is 42.2 Å². The largest absolute Gasteiger partial charge is 0.699 e. The zero-order valence-corrected chi connectivity index (χ0v) is 17.4. The molecule has 1 amide bonds. The summed E-state index contributed by atoms with van der Waals surface area (Å²) in [5, 5.41) is 4.09. The summed E-state index contributed by atoms with van der Waals surface area (Å²) in [4.78, 5) is 16.8. The molecule has 2 aromatic rings. The molecule has 1 aliphatic rings. The molecule has 1 radical (unpaired) electrons. The number of hydrogen-bond acceptors (Lipinski definition) is 3. The number of nitrogens with zero attached hydrogens (tertiary/aromatic N) is 3. The van der Waals surface area contributed by atoms with Gasteiger partial charge >= 0.3 is 6.09 Å². The Morgan fingerprint density at radius 1 is 1.24 bits per heavy atom. The summed E-state index contributed by atoms with van der Waals surface area (Å²) in [5.41, 5.74) is 11.2. The summed E-state index contributed by atoms with van der Waals surface area (Å²) in [6.07, 6.45) is 1.53. The van der Waals surface area contributed by atoms with E-state index in [0.29, 0.717) is 18.8 Å². The number of aromatic nitrogens is 1. The molecule has 2 heterocycles. The van der Waals surface area contributed by atoms with Crippen LogP contribution in [0.3, 0.4) is 0 Å². The molecule has 1 saturated heterocycles. The van der Waals surface area contributed by atoms with E-state index < -0.39 is 0 Å². The Balaban J connectivity index is 0.000000254. The number of rotatable bonds is 1. The van der Waals surface area contributed by atoms with Crippen LogP contribution in [0.25, 0.3) is 22.3 Å². The molecule has 0 unspecified atom stereocenters. The van der Waals surface area contributed by atoms with Crippen LogP contribution >= 0.6 is 0 Å². The van der Waals surface area contributed by atoms with Crippen LogP contribution in [-0.2, 0) is 37.4 Å². The molecule has 131 valence electrons. The van der Waals surface area contributed by atoms with E-state index in [2.05, 4.69) is 15.0 Å². The van der Waals surface area contributed by atoms with E-state index in [-0.39, 0.29) is 38.8 Å². The summed E-state index contributed by atoms with van der Waals surface area (Å²) in [6, 6.07) is 11.4. The first kappa shape index (κ1) is 21.5. The fourth-order valence-electron chi connectivity index (χ4n) is 2.34. The van der Waals surface area contributed by atoms with Crippen molar-refractivity contribution in [1.29, 1.82) is 0 Å². The van der Waals surface area contributed by atoms with Crippen LogP contribution in [-0.4, -0.2) is 49.3 Å². The normalized spacial score (nSPS) is 13.1. The number of amides is 1. The van der Waals surface area contributed by atoms with Crippen molar-refractivity contribution in [2.75, 3.05) is 33.3 Å². The standard InChI is InChI=1S/C12H11N2.C6H11N2O2.Y/c1-9-5-6-10(13)8-11(9)12-4-2-3-7-14-12;1-10-6(9)8-4-2-7-3-5-8;/h2-8,13H,1H3;2-5H2,1H3;/q2*-1;. The van der Waals surface area contributed by atoms with Crippen molar-refractivity contribution >= 4 is 11.8 Å². The number of benzene rings is 1. The fourth-order valence-corrected chi connectivity index (χ4v) is 2.34. The van der Waals surface area contributed by atoms with E-state index in [1.165, 1.54) is 7.11 Å². The minimum atomic E-state index is -0.241. The quantitative estimate of drug-likeness (QED) is 0.701. The summed E-state index contributed by atoms with van der Waals surface area (Å²) in [7, 11) is 1.40. The smallest absolute Gasteiger partial charge is 0.409 e. The Morgan fingerprint density at radius 2 is 1.96 bits per heavy atom. The van der Waals surface area contributed by atoms with Gasteiger partial charge in [-0.25, -0.2) is 4.79 Å². The zero-order chi connectivity index (χ0) is 17.4. The van der Waals surface area contributed by atoms with Gasteiger partial charge < -0.3 is 20.7 Å². The minimum Gasteiger partial charge on any atom is -0.699 e. The van der Waals surface area contributed by atoms with Crippen molar-refractivity contribution in [2.24, 2.45) is 0 Å². The molecule has 0 bridgehead atoms. The second-order valence-corrected chi connectivity index (χ2v) is 5.37. The van der Waals surface area contributed by atoms with Gasteiger partial charge in [0.2, 0.25) is 0 Å². The van der Waals surface area contributed by atoms with E-state index in [1.807, 2.05) is 37.3 Å².